The number of hydrogen-bond donors (Lipinski definition) is 1. The fourth-order valence-corrected chi connectivity index (χ4v) is 1.42. The predicted octanol–water partition coefficient (Wildman–Crippen LogP) is 2.01. The van der Waals surface area contributed by atoms with Crippen LogP contribution in [0.1, 0.15) is 10.4 Å². The zero-order valence-corrected chi connectivity index (χ0v) is 8.67. The average molecular weight is 232 g/mol. The number of fused-ring (bicyclic) bond motifs is 1. The molecule has 0 unspecified atom stereocenters. The Morgan fingerprint density at radius 3 is 2.82 bits per heavy atom. The predicted molar refractivity (Wildman–Crippen MR) is 60.3 cm³/mol. The van der Waals surface area contributed by atoms with Gasteiger partial charge in [-0.05, 0) is 24.3 Å². The molecular formula is C12H8O5. The number of ether oxygens (including phenoxy) is 1. The second kappa shape index (κ2) is 4.13. The Labute approximate surface area is 95.6 Å². The molecule has 0 aliphatic heterocycles. The summed E-state index contributed by atoms with van der Waals surface area (Å²) >= 11 is 0. The highest BCUT2D eigenvalue weighted by molar-refractivity contribution is 5.91. The van der Waals surface area contributed by atoms with Gasteiger partial charge in [-0.15, -0.1) is 0 Å². The Hall–Kier alpha value is -2.56. The topological polar surface area (TPSA) is 76.7 Å². The third kappa shape index (κ3) is 2.03. The molecule has 5 nitrogen and oxygen atoms in total. The van der Waals surface area contributed by atoms with Gasteiger partial charge in [-0.2, -0.15) is 0 Å². The van der Waals surface area contributed by atoms with Crippen LogP contribution in [0.3, 0.4) is 0 Å². The van der Waals surface area contributed by atoms with Crippen LogP contribution in [0.4, 0.5) is 0 Å². The van der Waals surface area contributed by atoms with Gasteiger partial charge in [0.25, 0.3) is 0 Å². The van der Waals surface area contributed by atoms with E-state index in [1.165, 1.54) is 18.4 Å². The molecule has 1 aromatic heterocycles. The first-order chi connectivity index (χ1) is 8.11. The highest BCUT2D eigenvalue weighted by Gasteiger charge is 2.12. The van der Waals surface area contributed by atoms with Gasteiger partial charge in [0.2, 0.25) is 0 Å². The van der Waals surface area contributed by atoms with Gasteiger partial charge in [-0.25, -0.2) is 9.59 Å². The molecule has 1 heterocycles. The molecule has 17 heavy (non-hydrogen) atoms. The highest BCUT2D eigenvalue weighted by Crippen LogP contribution is 2.20. The van der Waals surface area contributed by atoms with Crippen LogP contribution in [0.5, 0.6) is 5.75 Å². The summed E-state index contributed by atoms with van der Waals surface area (Å²) in [6, 6.07) is 5.93. The maximum atomic E-state index is 11.3. The van der Waals surface area contributed by atoms with E-state index in [0.717, 1.165) is 0 Å². The lowest BCUT2D eigenvalue weighted by Crippen LogP contribution is -2.12. The maximum absolute atomic E-state index is 11.3. The van der Waals surface area contributed by atoms with Crippen LogP contribution in [0.25, 0.3) is 11.0 Å². The average Bonchev–Trinajstić information content (AvgIpc) is 2.28. The zero-order valence-electron chi connectivity index (χ0n) is 8.67. The molecule has 1 N–H and O–H groups in total. The lowest BCUT2D eigenvalue weighted by atomic mass is 10.2. The summed E-state index contributed by atoms with van der Waals surface area (Å²) < 4.78 is 9.91. The van der Waals surface area contributed by atoms with Crippen molar-refractivity contribution in [3.63, 3.8) is 0 Å². The van der Waals surface area contributed by atoms with E-state index in [2.05, 4.69) is 6.58 Å². The zero-order chi connectivity index (χ0) is 12.4. The second-order valence-electron chi connectivity index (χ2n) is 3.24. The van der Waals surface area contributed by atoms with Crippen molar-refractivity contribution in [3.05, 3.63) is 53.1 Å². The smallest absolute Gasteiger partial charge is 0.351 e. The van der Waals surface area contributed by atoms with Crippen LogP contribution in [-0.2, 0) is 0 Å². The second-order valence-corrected chi connectivity index (χ2v) is 3.24. The molecule has 0 amide bonds. The van der Waals surface area contributed by atoms with Crippen molar-refractivity contribution in [2.24, 2.45) is 0 Å². The molecule has 5 heteroatoms. The van der Waals surface area contributed by atoms with Crippen LogP contribution in [0.2, 0.25) is 0 Å². The van der Waals surface area contributed by atoms with Crippen molar-refractivity contribution in [1.29, 1.82) is 0 Å². The summed E-state index contributed by atoms with van der Waals surface area (Å²) in [7, 11) is 0. The first-order valence-corrected chi connectivity index (χ1v) is 4.70. The Kier molecular flexibility index (Phi) is 2.66. The van der Waals surface area contributed by atoms with Crippen molar-refractivity contribution in [2.75, 3.05) is 0 Å². The molecule has 0 spiro atoms. The molecule has 0 atom stereocenters. The minimum absolute atomic E-state index is 0.302. The molecule has 0 saturated heterocycles. The molecule has 2 aromatic rings. The Morgan fingerprint density at radius 1 is 1.41 bits per heavy atom. The summed E-state index contributed by atoms with van der Waals surface area (Å²) in [5.74, 6) is -0.839. The molecule has 0 bridgehead atoms. The summed E-state index contributed by atoms with van der Waals surface area (Å²) in [6.07, 6.45) is 1.25. The number of rotatable bonds is 3. The van der Waals surface area contributed by atoms with E-state index in [1.54, 1.807) is 12.1 Å². The third-order valence-electron chi connectivity index (χ3n) is 2.15. The van der Waals surface area contributed by atoms with E-state index in [1.807, 2.05) is 0 Å². The minimum atomic E-state index is -1.32. The maximum Gasteiger partial charge on any atom is 0.351 e. The Morgan fingerprint density at radius 2 is 2.18 bits per heavy atom. The SMILES string of the molecule is C=COc1ccc2oc(=O)c(C(=O)O)cc2c1. The fourth-order valence-electron chi connectivity index (χ4n) is 1.42. The van der Waals surface area contributed by atoms with Gasteiger partial charge in [0.1, 0.15) is 16.9 Å². The van der Waals surface area contributed by atoms with Gasteiger partial charge in [0.15, 0.2) is 0 Å². The molecule has 1 aromatic carbocycles. The van der Waals surface area contributed by atoms with Crippen LogP contribution < -0.4 is 10.4 Å². The standard InChI is InChI=1S/C12H8O5/c1-2-16-8-3-4-10-7(5-8)6-9(11(13)14)12(15)17-10/h2-6H,1H2,(H,13,14). The van der Waals surface area contributed by atoms with E-state index < -0.39 is 17.2 Å². The summed E-state index contributed by atoms with van der Waals surface area (Å²) in [6.45, 7) is 3.41. The molecule has 0 saturated carbocycles. The summed E-state index contributed by atoms with van der Waals surface area (Å²) in [4.78, 5) is 22.1. The van der Waals surface area contributed by atoms with Crippen LogP contribution in [0.15, 0.2) is 46.3 Å². The summed E-state index contributed by atoms with van der Waals surface area (Å²) in [5, 5.41) is 9.26. The van der Waals surface area contributed by atoms with Gasteiger partial charge in [0, 0.05) is 5.39 Å². The van der Waals surface area contributed by atoms with Gasteiger partial charge in [-0.1, -0.05) is 6.58 Å². The van der Waals surface area contributed by atoms with Gasteiger partial charge < -0.3 is 14.3 Å². The molecule has 86 valence electrons. The van der Waals surface area contributed by atoms with Gasteiger partial charge in [-0.3, -0.25) is 0 Å². The number of hydrogen-bond acceptors (Lipinski definition) is 4. The summed E-state index contributed by atoms with van der Waals surface area (Å²) in [5.41, 5.74) is -0.980. The molecule has 0 fully saturated rings. The largest absolute Gasteiger partial charge is 0.477 e. The number of carboxylic acids is 1. The normalized spacial score (nSPS) is 10.1. The number of carbonyl (C=O) groups is 1. The molecule has 0 radical (unpaired) electrons. The van der Waals surface area contributed by atoms with E-state index >= 15 is 0 Å². The van der Waals surface area contributed by atoms with Crippen molar-refractivity contribution < 1.29 is 19.1 Å². The monoisotopic (exact) mass is 232 g/mol. The first kappa shape index (κ1) is 10.9. The fraction of sp³-hybridized carbons (Fsp3) is 0. The number of benzene rings is 1. The van der Waals surface area contributed by atoms with Gasteiger partial charge in [0.05, 0.1) is 6.26 Å². The third-order valence-corrected chi connectivity index (χ3v) is 2.15. The lowest BCUT2D eigenvalue weighted by molar-refractivity contribution is 0.0692. The molecule has 2 rings (SSSR count). The van der Waals surface area contributed by atoms with E-state index in [4.69, 9.17) is 14.3 Å². The first-order valence-electron chi connectivity index (χ1n) is 4.70. The highest BCUT2D eigenvalue weighted by atomic mass is 16.5. The number of carboxylic acid groups (broad SMARTS) is 1. The Bertz CT molecular complexity index is 653. The van der Waals surface area contributed by atoms with Crippen molar-refractivity contribution in [3.8, 4) is 5.75 Å². The van der Waals surface area contributed by atoms with Crippen molar-refractivity contribution >= 4 is 16.9 Å². The van der Waals surface area contributed by atoms with Crippen LogP contribution in [0, 0.1) is 0 Å². The number of aromatic carboxylic acids is 1. The van der Waals surface area contributed by atoms with Gasteiger partial charge >= 0.3 is 11.6 Å². The van der Waals surface area contributed by atoms with Crippen molar-refractivity contribution in [2.45, 2.75) is 0 Å². The van der Waals surface area contributed by atoms with E-state index in [-0.39, 0.29) is 0 Å². The van der Waals surface area contributed by atoms with Crippen LogP contribution in [-0.4, -0.2) is 11.1 Å². The van der Waals surface area contributed by atoms with E-state index in [9.17, 15) is 9.59 Å². The minimum Gasteiger partial charge on any atom is -0.477 e. The van der Waals surface area contributed by atoms with Crippen molar-refractivity contribution in [1.82, 2.24) is 0 Å². The quantitative estimate of drug-likeness (QED) is 0.647. The van der Waals surface area contributed by atoms with Crippen LogP contribution >= 0.6 is 0 Å². The molecule has 0 aliphatic carbocycles. The molecular weight excluding hydrogens is 224 g/mol. The van der Waals surface area contributed by atoms with E-state index in [0.29, 0.717) is 16.7 Å². The Balaban J connectivity index is 2.68. The lowest BCUT2D eigenvalue weighted by Gasteiger charge is -2.02. The molecule has 0 aliphatic rings.